The summed E-state index contributed by atoms with van der Waals surface area (Å²) in [5.41, 5.74) is 2.37. The van der Waals surface area contributed by atoms with Crippen LogP contribution in [-0.4, -0.2) is 22.4 Å². The number of nitrogens with zero attached hydrogens (tertiary/aromatic N) is 2. The number of carbonyl (C=O) groups is 1. The Morgan fingerprint density at radius 1 is 1.17 bits per heavy atom. The molecule has 1 N–H and O–H groups in total. The fourth-order valence-electron chi connectivity index (χ4n) is 2.05. The summed E-state index contributed by atoms with van der Waals surface area (Å²) in [4.78, 5) is 19.9. The van der Waals surface area contributed by atoms with Gasteiger partial charge >= 0.3 is 0 Å². The predicted molar refractivity (Wildman–Crippen MR) is 87.8 cm³/mol. The highest BCUT2D eigenvalue weighted by Crippen LogP contribution is 2.23. The Morgan fingerprint density at radius 3 is 2.74 bits per heavy atom. The zero-order valence-electron chi connectivity index (χ0n) is 12.2. The van der Waals surface area contributed by atoms with Crippen molar-refractivity contribution in [2.24, 2.45) is 0 Å². The summed E-state index contributed by atoms with van der Waals surface area (Å²) in [5, 5.41) is 5.74. The van der Waals surface area contributed by atoms with Gasteiger partial charge in [0.05, 0.1) is 11.3 Å². The molecule has 0 atom stereocenters. The van der Waals surface area contributed by atoms with Crippen LogP contribution in [-0.2, 0) is 6.42 Å². The van der Waals surface area contributed by atoms with E-state index in [2.05, 4.69) is 15.3 Å². The Hall–Kier alpha value is -2.60. The number of pyridine rings is 1. The number of nitrogens with one attached hydrogen (secondary N) is 1. The van der Waals surface area contributed by atoms with Crippen LogP contribution < -0.4 is 5.32 Å². The number of benzene rings is 1. The van der Waals surface area contributed by atoms with Gasteiger partial charge in [-0.05, 0) is 12.1 Å². The zero-order chi connectivity index (χ0) is 16.1. The van der Waals surface area contributed by atoms with Crippen LogP contribution in [0.3, 0.4) is 0 Å². The number of rotatable bonds is 5. The highest BCUT2D eigenvalue weighted by Gasteiger charge is 2.07. The molecule has 3 rings (SSSR count). The summed E-state index contributed by atoms with van der Waals surface area (Å²) >= 11 is 1.58. The normalized spacial score (nSPS) is 10.5. The molecule has 4 nitrogen and oxygen atoms in total. The molecule has 0 radical (unpaired) electrons. The van der Waals surface area contributed by atoms with E-state index in [0.717, 1.165) is 16.3 Å². The second-order valence-corrected chi connectivity index (χ2v) is 5.74. The largest absolute Gasteiger partial charge is 0.352 e. The summed E-state index contributed by atoms with van der Waals surface area (Å²) in [5.74, 6) is -0.867. The second kappa shape index (κ2) is 7.11. The maximum Gasteiger partial charge on any atom is 0.252 e. The monoisotopic (exact) mass is 327 g/mol. The molecule has 0 saturated carbocycles. The Labute approximate surface area is 137 Å². The minimum Gasteiger partial charge on any atom is -0.352 e. The van der Waals surface area contributed by atoms with Crippen molar-refractivity contribution in [3.05, 3.63) is 71.2 Å². The highest BCUT2D eigenvalue weighted by atomic mass is 32.1. The molecule has 0 saturated heterocycles. The topological polar surface area (TPSA) is 54.9 Å². The molecule has 0 bridgehead atoms. The Balaban J connectivity index is 1.54. The van der Waals surface area contributed by atoms with Crippen molar-refractivity contribution in [1.29, 1.82) is 0 Å². The number of carbonyl (C=O) groups excluding carboxylic acids is 1. The van der Waals surface area contributed by atoms with E-state index in [0.29, 0.717) is 18.5 Å². The number of halogens is 1. The number of thiazole rings is 1. The van der Waals surface area contributed by atoms with Crippen LogP contribution in [0.5, 0.6) is 0 Å². The molecule has 1 amide bonds. The lowest BCUT2D eigenvalue weighted by Crippen LogP contribution is -2.25. The molecule has 1 aromatic carbocycles. The van der Waals surface area contributed by atoms with E-state index >= 15 is 0 Å². The molecule has 23 heavy (non-hydrogen) atoms. The minimum atomic E-state index is -0.600. The fourth-order valence-corrected chi connectivity index (χ4v) is 2.91. The van der Waals surface area contributed by atoms with E-state index in [1.165, 1.54) is 18.3 Å². The molecule has 0 aliphatic carbocycles. The summed E-state index contributed by atoms with van der Waals surface area (Å²) in [6, 6.07) is 12.5. The van der Waals surface area contributed by atoms with Crippen LogP contribution >= 0.6 is 11.3 Å². The molecular formula is C17H14FN3OS. The van der Waals surface area contributed by atoms with Gasteiger partial charge < -0.3 is 5.32 Å². The summed E-state index contributed by atoms with van der Waals surface area (Å²) in [6.07, 6.45) is 1.87. The average Bonchev–Trinajstić information content (AvgIpc) is 3.05. The third kappa shape index (κ3) is 3.98. The standard InChI is InChI=1S/C17H14FN3OS/c18-15-7-6-13(10-20-15)16(22)19-9-8-14-11-23-17(21-14)12-4-2-1-3-5-12/h1-7,10-11H,8-9H2,(H,19,22). The Morgan fingerprint density at radius 2 is 2.00 bits per heavy atom. The van der Waals surface area contributed by atoms with Gasteiger partial charge in [0, 0.05) is 30.1 Å². The first-order valence-corrected chi connectivity index (χ1v) is 8.00. The molecule has 0 aliphatic rings. The van der Waals surface area contributed by atoms with Gasteiger partial charge in [0.2, 0.25) is 5.95 Å². The lowest BCUT2D eigenvalue weighted by atomic mass is 10.2. The van der Waals surface area contributed by atoms with Crippen molar-refractivity contribution in [3.8, 4) is 10.6 Å². The van der Waals surface area contributed by atoms with Gasteiger partial charge in [-0.1, -0.05) is 30.3 Å². The smallest absolute Gasteiger partial charge is 0.252 e. The molecule has 2 aromatic heterocycles. The van der Waals surface area contributed by atoms with Crippen molar-refractivity contribution in [2.45, 2.75) is 6.42 Å². The van der Waals surface area contributed by atoms with Gasteiger partial charge in [-0.25, -0.2) is 9.97 Å². The van der Waals surface area contributed by atoms with E-state index in [4.69, 9.17) is 0 Å². The molecule has 0 unspecified atom stereocenters. The molecule has 116 valence electrons. The lowest BCUT2D eigenvalue weighted by Gasteiger charge is -2.03. The van der Waals surface area contributed by atoms with Crippen LogP contribution in [0.25, 0.3) is 10.6 Å². The Kier molecular flexibility index (Phi) is 4.73. The Bertz CT molecular complexity index is 787. The molecule has 0 aliphatic heterocycles. The van der Waals surface area contributed by atoms with E-state index in [1.807, 2.05) is 35.7 Å². The zero-order valence-corrected chi connectivity index (χ0v) is 13.0. The summed E-state index contributed by atoms with van der Waals surface area (Å²) in [7, 11) is 0. The molecule has 0 fully saturated rings. The third-order valence-corrected chi connectivity index (χ3v) is 4.17. The van der Waals surface area contributed by atoms with Gasteiger partial charge in [0.25, 0.3) is 5.91 Å². The van der Waals surface area contributed by atoms with Gasteiger partial charge in [0.1, 0.15) is 5.01 Å². The van der Waals surface area contributed by atoms with Crippen LogP contribution in [0.4, 0.5) is 4.39 Å². The first-order valence-electron chi connectivity index (χ1n) is 7.12. The lowest BCUT2D eigenvalue weighted by molar-refractivity contribution is 0.0953. The summed E-state index contributed by atoms with van der Waals surface area (Å²) < 4.78 is 12.7. The molecular weight excluding hydrogens is 313 g/mol. The SMILES string of the molecule is O=C(NCCc1csc(-c2ccccc2)n1)c1ccc(F)nc1. The number of hydrogen-bond donors (Lipinski definition) is 1. The molecule has 0 spiro atoms. The van der Waals surface area contributed by atoms with Crippen molar-refractivity contribution < 1.29 is 9.18 Å². The molecule has 6 heteroatoms. The predicted octanol–water partition coefficient (Wildman–Crippen LogP) is 3.32. The average molecular weight is 327 g/mol. The number of hydrogen-bond acceptors (Lipinski definition) is 4. The highest BCUT2D eigenvalue weighted by molar-refractivity contribution is 7.13. The molecule has 2 heterocycles. The van der Waals surface area contributed by atoms with Crippen molar-refractivity contribution in [3.63, 3.8) is 0 Å². The first-order chi connectivity index (χ1) is 11.2. The quantitative estimate of drug-likeness (QED) is 0.732. The van der Waals surface area contributed by atoms with Gasteiger partial charge in [-0.3, -0.25) is 4.79 Å². The first kappa shape index (κ1) is 15.3. The second-order valence-electron chi connectivity index (χ2n) is 4.89. The molecule has 3 aromatic rings. The maximum absolute atomic E-state index is 12.7. The van der Waals surface area contributed by atoms with E-state index in [-0.39, 0.29) is 5.91 Å². The number of amides is 1. The third-order valence-electron chi connectivity index (χ3n) is 3.23. The van der Waals surface area contributed by atoms with Gasteiger partial charge in [-0.2, -0.15) is 4.39 Å². The van der Waals surface area contributed by atoms with Crippen LogP contribution in [0.2, 0.25) is 0 Å². The van der Waals surface area contributed by atoms with E-state index in [9.17, 15) is 9.18 Å². The number of aromatic nitrogens is 2. The van der Waals surface area contributed by atoms with Crippen LogP contribution in [0.1, 0.15) is 16.1 Å². The summed E-state index contributed by atoms with van der Waals surface area (Å²) in [6.45, 7) is 0.466. The van der Waals surface area contributed by atoms with Crippen molar-refractivity contribution in [2.75, 3.05) is 6.54 Å². The minimum absolute atomic E-state index is 0.268. The van der Waals surface area contributed by atoms with Gasteiger partial charge in [-0.15, -0.1) is 11.3 Å². The van der Waals surface area contributed by atoms with Crippen molar-refractivity contribution in [1.82, 2.24) is 15.3 Å². The fraction of sp³-hybridized carbons (Fsp3) is 0.118. The van der Waals surface area contributed by atoms with Crippen LogP contribution in [0, 0.1) is 5.95 Å². The van der Waals surface area contributed by atoms with Gasteiger partial charge in [0.15, 0.2) is 0 Å². The van der Waals surface area contributed by atoms with E-state index < -0.39 is 5.95 Å². The van der Waals surface area contributed by atoms with E-state index in [1.54, 1.807) is 11.3 Å². The van der Waals surface area contributed by atoms with Crippen molar-refractivity contribution >= 4 is 17.2 Å². The van der Waals surface area contributed by atoms with Crippen LogP contribution in [0.15, 0.2) is 54.0 Å². The maximum atomic E-state index is 12.7.